The van der Waals surface area contributed by atoms with Gasteiger partial charge >= 0.3 is 0 Å². The van der Waals surface area contributed by atoms with E-state index in [4.69, 9.17) is 17.3 Å². The van der Waals surface area contributed by atoms with Gasteiger partial charge in [-0.25, -0.2) is 0 Å². The van der Waals surface area contributed by atoms with Crippen molar-refractivity contribution in [2.24, 2.45) is 16.6 Å². The van der Waals surface area contributed by atoms with Crippen molar-refractivity contribution in [2.45, 2.75) is 13.3 Å². The fourth-order valence-corrected chi connectivity index (χ4v) is 2.38. The zero-order chi connectivity index (χ0) is 18.4. The lowest BCUT2D eigenvalue weighted by Gasteiger charge is -2.19. The van der Waals surface area contributed by atoms with E-state index in [1.165, 1.54) is 0 Å². The molecule has 0 aromatic rings. The first-order chi connectivity index (χ1) is 11.5. The van der Waals surface area contributed by atoms with Crippen LogP contribution in [0.25, 0.3) is 0 Å². The first-order valence-corrected chi connectivity index (χ1v) is 8.38. The zero-order valence-corrected chi connectivity index (χ0v) is 15.8. The third-order valence-corrected chi connectivity index (χ3v) is 3.50. The molecule has 0 aliphatic rings. The van der Waals surface area contributed by atoms with Crippen molar-refractivity contribution in [2.75, 3.05) is 27.2 Å². The highest BCUT2D eigenvalue weighted by atomic mass is 35.5. The van der Waals surface area contributed by atoms with Gasteiger partial charge in [-0.15, -0.1) is 0 Å². The fourth-order valence-electron chi connectivity index (χ4n) is 2.32. The Kier molecular flexibility index (Phi) is 12.5. The molecule has 0 fully saturated rings. The standard InChI is InChI=1S/C20H30ClN3/c1-6-9-19(10-8-15-24(5)16-23-4)20(13-14-22)18(7-2)12-11-17(3)21/h6-12,16,20H,1,3,13-15,22H2,2,4-5H3/b10-8-,12-11-,18-7+,19-9+,23-16?. The van der Waals surface area contributed by atoms with E-state index in [1.54, 1.807) is 25.5 Å². The second kappa shape index (κ2) is 13.6. The molecule has 1 unspecified atom stereocenters. The normalized spacial score (nSPS) is 14.7. The average Bonchev–Trinajstić information content (AvgIpc) is 2.53. The Morgan fingerprint density at radius 1 is 1.29 bits per heavy atom. The second-order valence-corrected chi connectivity index (χ2v) is 5.80. The molecule has 4 heteroatoms. The van der Waals surface area contributed by atoms with E-state index in [1.807, 2.05) is 31.0 Å². The van der Waals surface area contributed by atoms with E-state index in [2.05, 4.69) is 36.4 Å². The lowest BCUT2D eigenvalue weighted by molar-refractivity contribution is 0.580. The molecule has 1 atom stereocenters. The van der Waals surface area contributed by atoms with Gasteiger partial charge in [-0.05, 0) is 37.1 Å². The number of hydrogen-bond donors (Lipinski definition) is 1. The summed E-state index contributed by atoms with van der Waals surface area (Å²) in [6, 6.07) is 0. The van der Waals surface area contributed by atoms with Gasteiger partial charge in [0.05, 0.1) is 6.34 Å². The Hall–Kier alpha value is -1.84. The predicted molar refractivity (Wildman–Crippen MR) is 110 cm³/mol. The SMILES string of the molecule is C=C/C=C(\C=C/CN(C)C=NC)C(CCN)C(/C=C\C(=C)Cl)=C/C. The van der Waals surface area contributed by atoms with Crippen LogP contribution in [0.5, 0.6) is 0 Å². The quantitative estimate of drug-likeness (QED) is 0.340. The number of nitrogens with zero attached hydrogens (tertiary/aromatic N) is 2. The Morgan fingerprint density at radius 3 is 2.50 bits per heavy atom. The van der Waals surface area contributed by atoms with Gasteiger partial charge in [0.15, 0.2) is 0 Å². The van der Waals surface area contributed by atoms with Crippen LogP contribution in [0.2, 0.25) is 0 Å². The van der Waals surface area contributed by atoms with Gasteiger partial charge in [0.2, 0.25) is 0 Å². The summed E-state index contributed by atoms with van der Waals surface area (Å²) >= 11 is 5.85. The highest BCUT2D eigenvalue weighted by molar-refractivity contribution is 6.30. The molecule has 0 aromatic carbocycles. The minimum atomic E-state index is 0.187. The summed E-state index contributed by atoms with van der Waals surface area (Å²) in [5.74, 6) is 0.187. The summed E-state index contributed by atoms with van der Waals surface area (Å²) in [4.78, 5) is 6.01. The topological polar surface area (TPSA) is 41.6 Å². The molecule has 0 saturated carbocycles. The number of rotatable bonds is 11. The van der Waals surface area contributed by atoms with Crippen LogP contribution < -0.4 is 5.73 Å². The maximum atomic E-state index is 5.85. The number of hydrogen-bond acceptors (Lipinski definition) is 2. The van der Waals surface area contributed by atoms with Gasteiger partial charge in [0.25, 0.3) is 0 Å². The van der Waals surface area contributed by atoms with Crippen molar-refractivity contribution in [1.82, 2.24) is 4.90 Å². The molecular formula is C20H30ClN3. The van der Waals surface area contributed by atoms with Crippen LogP contribution in [-0.4, -0.2) is 38.4 Å². The Balaban J connectivity index is 5.43. The Bertz CT molecular complexity index is 539. The number of aliphatic imine (C=N–C) groups is 1. The smallest absolute Gasteiger partial charge is 0.0846 e. The first kappa shape index (κ1) is 22.2. The molecule has 0 heterocycles. The van der Waals surface area contributed by atoms with Crippen molar-refractivity contribution in [1.29, 1.82) is 0 Å². The molecule has 0 spiro atoms. The molecule has 0 aliphatic heterocycles. The summed E-state index contributed by atoms with van der Waals surface area (Å²) in [5.41, 5.74) is 8.15. The van der Waals surface area contributed by atoms with Crippen molar-refractivity contribution in [3.05, 3.63) is 71.9 Å². The highest BCUT2D eigenvalue weighted by Crippen LogP contribution is 2.26. The van der Waals surface area contributed by atoms with Gasteiger partial charge < -0.3 is 10.6 Å². The maximum absolute atomic E-state index is 5.85. The molecule has 3 nitrogen and oxygen atoms in total. The van der Waals surface area contributed by atoms with E-state index in [0.29, 0.717) is 11.6 Å². The lowest BCUT2D eigenvalue weighted by atomic mass is 9.86. The molecule has 2 N–H and O–H groups in total. The Labute approximate surface area is 152 Å². The third kappa shape index (κ3) is 9.33. The number of likely N-dealkylation sites (N-methyl/N-ethyl adjacent to an activating group) is 1. The van der Waals surface area contributed by atoms with E-state index < -0.39 is 0 Å². The summed E-state index contributed by atoms with van der Waals surface area (Å²) in [6.45, 7) is 10.9. The summed E-state index contributed by atoms with van der Waals surface area (Å²) in [7, 11) is 3.74. The van der Waals surface area contributed by atoms with E-state index in [0.717, 1.165) is 24.1 Å². The minimum Gasteiger partial charge on any atom is -0.362 e. The van der Waals surface area contributed by atoms with Gasteiger partial charge in [-0.3, -0.25) is 4.99 Å². The van der Waals surface area contributed by atoms with Gasteiger partial charge in [0, 0.05) is 31.6 Å². The second-order valence-electron chi connectivity index (χ2n) is 5.32. The first-order valence-electron chi connectivity index (χ1n) is 8.00. The van der Waals surface area contributed by atoms with Crippen molar-refractivity contribution < 1.29 is 0 Å². The van der Waals surface area contributed by atoms with Gasteiger partial charge in [-0.1, -0.05) is 61.2 Å². The van der Waals surface area contributed by atoms with E-state index in [-0.39, 0.29) is 5.92 Å². The maximum Gasteiger partial charge on any atom is 0.0846 e. The highest BCUT2D eigenvalue weighted by Gasteiger charge is 2.14. The predicted octanol–water partition coefficient (Wildman–Crippen LogP) is 4.46. The lowest BCUT2D eigenvalue weighted by Crippen LogP contribution is -2.16. The summed E-state index contributed by atoms with van der Waals surface area (Å²) < 4.78 is 0. The molecule has 0 radical (unpaired) electrons. The molecule has 0 bridgehead atoms. The van der Waals surface area contributed by atoms with Gasteiger partial charge in [0.1, 0.15) is 0 Å². The molecule has 24 heavy (non-hydrogen) atoms. The van der Waals surface area contributed by atoms with Crippen molar-refractivity contribution >= 4 is 17.9 Å². The van der Waals surface area contributed by atoms with Crippen LogP contribution in [0.4, 0.5) is 0 Å². The molecule has 0 aliphatic carbocycles. The fraction of sp³-hybridized carbons (Fsp3) is 0.350. The number of halogens is 1. The molecular weight excluding hydrogens is 318 g/mol. The molecule has 132 valence electrons. The van der Waals surface area contributed by atoms with E-state index in [9.17, 15) is 0 Å². The monoisotopic (exact) mass is 347 g/mol. The number of allylic oxidation sites excluding steroid dienone is 9. The molecule has 0 saturated heterocycles. The van der Waals surface area contributed by atoms with Crippen LogP contribution in [0, 0.1) is 5.92 Å². The van der Waals surface area contributed by atoms with Crippen molar-refractivity contribution in [3.63, 3.8) is 0 Å². The zero-order valence-electron chi connectivity index (χ0n) is 15.1. The molecule has 0 rings (SSSR count). The minimum absolute atomic E-state index is 0.187. The summed E-state index contributed by atoms with van der Waals surface area (Å²) in [6.07, 6.45) is 16.6. The van der Waals surface area contributed by atoms with Crippen molar-refractivity contribution in [3.8, 4) is 0 Å². The van der Waals surface area contributed by atoms with Crippen LogP contribution in [0.1, 0.15) is 13.3 Å². The van der Waals surface area contributed by atoms with Crippen LogP contribution >= 0.6 is 11.6 Å². The van der Waals surface area contributed by atoms with Crippen LogP contribution in [0.15, 0.2) is 76.9 Å². The van der Waals surface area contributed by atoms with E-state index >= 15 is 0 Å². The van der Waals surface area contributed by atoms with Crippen LogP contribution in [0.3, 0.4) is 0 Å². The molecule has 0 amide bonds. The number of nitrogens with two attached hydrogens (primary N) is 1. The Morgan fingerprint density at radius 2 is 2.00 bits per heavy atom. The third-order valence-electron chi connectivity index (χ3n) is 3.38. The summed E-state index contributed by atoms with van der Waals surface area (Å²) in [5, 5.41) is 0.506. The van der Waals surface area contributed by atoms with Crippen LogP contribution in [-0.2, 0) is 0 Å². The van der Waals surface area contributed by atoms with Gasteiger partial charge in [-0.2, -0.15) is 0 Å². The molecule has 0 aromatic heterocycles. The largest absolute Gasteiger partial charge is 0.362 e. The average molecular weight is 348 g/mol.